The fourth-order valence-corrected chi connectivity index (χ4v) is 4.11. The Kier molecular flexibility index (Phi) is 6.80. The maximum absolute atomic E-state index is 12.5. The van der Waals surface area contributed by atoms with Crippen molar-refractivity contribution in [1.82, 2.24) is 20.9 Å². The molecule has 2 unspecified atom stereocenters. The van der Waals surface area contributed by atoms with E-state index in [0.717, 1.165) is 25.1 Å². The molecule has 26 heavy (non-hydrogen) atoms. The highest BCUT2D eigenvalue weighted by Gasteiger charge is 2.35. The molecule has 3 rings (SSSR count). The first kappa shape index (κ1) is 18.6. The van der Waals surface area contributed by atoms with Gasteiger partial charge >= 0.3 is 12.1 Å². The molecule has 2 heterocycles. The maximum atomic E-state index is 12.5. The van der Waals surface area contributed by atoms with E-state index in [-0.39, 0.29) is 12.1 Å². The van der Waals surface area contributed by atoms with Crippen molar-refractivity contribution in [1.29, 1.82) is 0 Å². The standard InChI is InChI=1S/C19H30N4O3/c24-18(22-14-16-8-4-13-26-16)20-10-5-11-21-19(25)23-12-3-7-15-6-1-2-9-17(15)23/h4,8,13,15,17H,1-3,5-7,9-12,14H2,(H,21,25)(H2,20,22,24). The van der Waals surface area contributed by atoms with E-state index in [0.29, 0.717) is 38.0 Å². The van der Waals surface area contributed by atoms with Crippen molar-refractivity contribution < 1.29 is 14.0 Å². The molecular formula is C19H30N4O3. The van der Waals surface area contributed by atoms with E-state index in [9.17, 15) is 9.59 Å². The molecule has 7 nitrogen and oxygen atoms in total. The van der Waals surface area contributed by atoms with E-state index in [4.69, 9.17) is 4.42 Å². The van der Waals surface area contributed by atoms with Crippen LogP contribution in [0, 0.1) is 5.92 Å². The van der Waals surface area contributed by atoms with E-state index in [2.05, 4.69) is 20.9 Å². The lowest BCUT2D eigenvalue weighted by atomic mass is 9.78. The zero-order valence-electron chi connectivity index (χ0n) is 15.3. The molecule has 3 N–H and O–H groups in total. The Morgan fingerprint density at radius 3 is 2.73 bits per heavy atom. The number of nitrogens with one attached hydrogen (secondary N) is 3. The molecule has 0 bridgehead atoms. The fraction of sp³-hybridized carbons (Fsp3) is 0.684. The van der Waals surface area contributed by atoms with Crippen molar-refractivity contribution >= 4 is 12.1 Å². The van der Waals surface area contributed by atoms with Crippen molar-refractivity contribution in [2.45, 2.75) is 57.5 Å². The summed E-state index contributed by atoms with van der Waals surface area (Å²) in [5.74, 6) is 1.41. The van der Waals surface area contributed by atoms with Gasteiger partial charge in [-0.15, -0.1) is 0 Å². The molecule has 4 amide bonds. The molecule has 1 aliphatic heterocycles. The highest BCUT2D eigenvalue weighted by Crippen LogP contribution is 2.35. The van der Waals surface area contributed by atoms with Crippen molar-refractivity contribution in [3.05, 3.63) is 24.2 Å². The second-order valence-electron chi connectivity index (χ2n) is 7.22. The average Bonchev–Trinajstić information content (AvgIpc) is 3.19. The van der Waals surface area contributed by atoms with Gasteiger partial charge < -0.3 is 25.3 Å². The van der Waals surface area contributed by atoms with Crippen LogP contribution in [0.2, 0.25) is 0 Å². The summed E-state index contributed by atoms with van der Waals surface area (Å²) in [6.07, 6.45) is 9.64. The van der Waals surface area contributed by atoms with Gasteiger partial charge in [-0.3, -0.25) is 0 Å². The number of nitrogens with zero attached hydrogens (tertiary/aromatic N) is 1. The van der Waals surface area contributed by atoms with Crippen LogP contribution in [0.5, 0.6) is 0 Å². The number of furan rings is 1. The smallest absolute Gasteiger partial charge is 0.317 e. The summed E-state index contributed by atoms with van der Waals surface area (Å²) in [6, 6.07) is 3.86. The summed E-state index contributed by atoms with van der Waals surface area (Å²) in [6.45, 7) is 2.34. The quantitative estimate of drug-likeness (QED) is 0.680. The summed E-state index contributed by atoms with van der Waals surface area (Å²) >= 11 is 0. The van der Waals surface area contributed by atoms with Crippen molar-refractivity contribution in [2.75, 3.05) is 19.6 Å². The van der Waals surface area contributed by atoms with Gasteiger partial charge in [0.2, 0.25) is 0 Å². The summed E-state index contributed by atoms with van der Waals surface area (Å²) in [5.41, 5.74) is 0. The Morgan fingerprint density at radius 2 is 1.88 bits per heavy atom. The van der Waals surface area contributed by atoms with Gasteiger partial charge in [-0.05, 0) is 50.2 Å². The van der Waals surface area contributed by atoms with Gasteiger partial charge in [-0.25, -0.2) is 9.59 Å². The zero-order chi connectivity index (χ0) is 18.2. The molecule has 0 spiro atoms. The lowest BCUT2D eigenvalue weighted by molar-refractivity contribution is 0.0842. The van der Waals surface area contributed by atoms with Gasteiger partial charge in [-0.2, -0.15) is 0 Å². The monoisotopic (exact) mass is 362 g/mol. The van der Waals surface area contributed by atoms with E-state index in [1.165, 1.54) is 25.7 Å². The number of hydrogen-bond donors (Lipinski definition) is 3. The van der Waals surface area contributed by atoms with Gasteiger partial charge in [0.15, 0.2) is 0 Å². The second kappa shape index (κ2) is 9.50. The van der Waals surface area contributed by atoms with Crippen molar-refractivity contribution in [3.63, 3.8) is 0 Å². The normalized spacial score (nSPS) is 22.4. The summed E-state index contributed by atoms with van der Waals surface area (Å²) in [7, 11) is 0. The Labute approximate surface area is 154 Å². The molecule has 0 aromatic carbocycles. The van der Waals surface area contributed by atoms with Gasteiger partial charge in [-0.1, -0.05) is 12.8 Å². The van der Waals surface area contributed by atoms with Crippen molar-refractivity contribution in [3.8, 4) is 0 Å². The van der Waals surface area contributed by atoms with Crippen LogP contribution in [0.25, 0.3) is 0 Å². The average molecular weight is 362 g/mol. The minimum Gasteiger partial charge on any atom is -0.467 e. The van der Waals surface area contributed by atoms with Gasteiger partial charge in [0.1, 0.15) is 5.76 Å². The molecule has 144 valence electrons. The third-order valence-electron chi connectivity index (χ3n) is 5.42. The molecule has 1 saturated carbocycles. The molecule has 2 aliphatic rings. The van der Waals surface area contributed by atoms with Crippen LogP contribution in [0.15, 0.2) is 22.8 Å². The lowest BCUT2D eigenvalue weighted by Crippen LogP contribution is -2.53. The first-order chi connectivity index (χ1) is 12.7. The Balaban J connectivity index is 1.28. The van der Waals surface area contributed by atoms with Crippen LogP contribution < -0.4 is 16.0 Å². The maximum Gasteiger partial charge on any atom is 0.317 e. The number of carbonyl (C=O) groups is 2. The van der Waals surface area contributed by atoms with Gasteiger partial charge in [0.25, 0.3) is 0 Å². The van der Waals surface area contributed by atoms with Crippen LogP contribution in [-0.4, -0.2) is 42.6 Å². The number of piperidine rings is 1. The number of urea groups is 2. The third kappa shape index (κ3) is 5.16. The number of carbonyl (C=O) groups excluding carboxylic acids is 2. The fourth-order valence-electron chi connectivity index (χ4n) is 4.11. The van der Waals surface area contributed by atoms with Crippen LogP contribution in [-0.2, 0) is 6.54 Å². The molecule has 2 atom stereocenters. The molecule has 1 aromatic rings. The predicted octanol–water partition coefficient (Wildman–Crippen LogP) is 2.83. The lowest BCUT2D eigenvalue weighted by Gasteiger charge is -2.44. The number of fused-ring (bicyclic) bond motifs is 1. The van der Waals surface area contributed by atoms with E-state index >= 15 is 0 Å². The molecule has 2 fully saturated rings. The minimum absolute atomic E-state index is 0.0591. The highest BCUT2D eigenvalue weighted by atomic mass is 16.3. The number of hydrogen-bond acceptors (Lipinski definition) is 3. The van der Waals surface area contributed by atoms with E-state index in [1.807, 2.05) is 6.07 Å². The second-order valence-corrected chi connectivity index (χ2v) is 7.22. The Bertz CT molecular complexity index is 573. The highest BCUT2D eigenvalue weighted by molar-refractivity contribution is 5.75. The van der Waals surface area contributed by atoms with Gasteiger partial charge in [0, 0.05) is 25.7 Å². The molecular weight excluding hydrogens is 332 g/mol. The predicted molar refractivity (Wildman–Crippen MR) is 98.6 cm³/mol. The third-order valence-corrected chi connectivity index (χ3v) is 5.42. The first-order valence-corrected chi connectivity index (χ1v) is 9.82. The number of likely N-dealkylation sites (tertiary alicyclic amines) is 1. The molecule has 7 heteroatoms. The minimum atomic E-state index is -0.228. The van der Waals surface area contributed by atoms with Crippen LogP contribution in [0.4, 0.5) is 9.59 Å². The zero-order valence-corrected chi connectivity index (χ0v) is 15.3. The summed E-state index contributed by atoms with van der Waals surface area (Å²) in [5, 5.41) is 8.53. The summed E-state index contributed by atoms with van der Waals surface area (Å²) < 4.78 is 5.15. The summed E-state index contributed by atoms with van der Waals surface area (Å²) in [4.78, 5) is 26.2. The SMILES string of the molecule is O=C(NCCCNC(=O)N1CCCC2CCCCC21)NCc1ccco1. The molecule has 1 aromatic heterocycles. The van der Waals surface area contributed by atoms with Gasteiger partial charge in [0.05, 0.1) is 12.8 Å². The molecule has 1 saturated heterocycles. The van der Waals surface area contributed by atoms with E-state index in [1.54, 1.807) is 12.3 Å². The van der Waals surface area contributed by atoms with Crippen molar-refractivity contribution in [2.24, 2.45) is 5.92 Å². The van der Waals surface area contributed by atoms with Crippen LogP contribution in [0.1, 0.15) is 50.7 Å². The Hall–Kier alpha value is -2.18. The topological polar surface area (TPSA) is 86.6 Å². The largest absolute Gasteiger partial charge is 0.467 e. The molecule has 1 aliphatic carbocycles. The number of rotatable bonds is 6. The Morgan fingerprint density at radius 1 is 1.08 bits per heavy atom. The van der Waals surface area contributed by atoms with Crippen LogP contribution >= 0.6 is 0 Å². The molecule has 0 radical (unpaired) electrons. The number of amides is 4. The first-order valence-electron chi connectivity index (χ1n) is 9.82. The van der Waals surface area contributed by atoms with E-state index < -0.39 is 0 Å². The van der Waals surface area contributed by atoms with Crippen LogP contribution in [0.3, 0.4) is 0 Å².